The van der Waals surface area contributed by atoms with Gasteiger partial charge in [0.2, 0.25) is 0 Å². The number of nitrogens with two attached hydrogens (primary N) is 1. The van der Waals surface area contributed by atoms with Gasteiger partial charge in [-0.05, 0) is 18.2 Å². The van der Waals surface area contributed by atoms with E-state index in [0.717, 1.165) is 11.8 Å². The summed E-state index contributed by atoms with van der Waals surface area (Å²) >= 11 is 1.14. The molecular formula is C12H10N4O3S. The highest BCUT2D eigenvalue weighted by Gasteiger charge is 2.16. The molecule has 1 aromatic heterocycles. The smallest absolute Gasteiger partial charge is 0.283 e. The highest BCUT2D eigenvalue weighted by atomic mass is 32.2. The lowest BCUT2D eigenvalue weighted by Crippen LogP contribution is -2.16. The van der Waals surface area contributed by atoms with E-state index in [1.165, 1.54) is 12.3 Å². The van der Waals surface area contributed by atoms with Crippen LogP contribution in [-0.2, 0) is 0 Å². The van der Waals surface area contributed by atoms with Crippen LogP contribution in [-0.4, -0.2) is 21.0 Å². The standard InChI is InChI=1S/C12H10N4O3S/c13-12(15-17)11-10(6-3-7-14-11)20-9-5-2-1-4-8(9)16(18)19/h1-7,17H,(H2,13,15). The van der Waals surface area contributed by atoms with Gasteiger partial charge in [0.25, 0.3) is 5.69 Å². The molecule has 0 aliphatic rings. The molecule has 0 bridgehead atoms. The van der Waals surface area contributed by atoms with Gasteiger partial charge in [-0.2, -0.15) is 0 Å². The van der Waals surface area contributed by atoms with Crippen molar-refractivity contribution < 1.29 is 10.1 Å². The molecule has 0 atom stereocenters. The molecule has 0 saturated heterocycles. The van der Waals surface area contributed by atoms with E-state index >= 15 is 0 Å². The van der Waals surface area contributed by atoms with Gasteiger partial charge >= 0.3 is 0 Å². The molecule has 2 aromatic rings. The van der Waals surface area contributed by atoms with E-state index in [0.29, 0.717) is 9.79 Å². The number of pyridine rings is 1. The fourth-order valence-corrected chi connectivity index (χ4v) is 2.56. The van der Waals surface area contributed by atoms with Crippen LogP contribution in [0.5, 0.6) is 0 Å². The lowest BCUT2D eigenvalue weighted by molar-refractivity contribution is -0.387. The van der Waals surface area contributed by atoms with Crippen LogP contribution < -0.4 is 5.73 Å². The van der Waals surface area contributed by atoms with Gasteiger partial charge in [0.05, 0.1) is 9.82 Å². The molecule has 1 heterocycles. The predicted molar refractivity (Wildman–Crippen MR) is 74.0 cm³/mol. The summed E-state index contributed by atoms with van der Waals surface area (Å²) in [5, 5.41) is 22.6. The number of aromatic nitrogens is 1. The Bertz CT molecular complexity index is 675. The summed E-state index contributed by atoms with van der Waals surface area (Å²) in [5.41, 5.74) is 5.81. The minimum Gasteiger partial charge on any atom is -0.409 e. The molecule has 20 heavy (non-hydrogen) atoms. The van der Waals surface area contributed by atoms with E-state index in [2.05, 4.69) is 10.1 Å². The molecule has 0 radical (unpaired) electrons. The van der Waals surface area contributed by atoms with Crippen molar-refractivity contribution in [2.45, 2.75) is 9.79 Å². The summed E-state index contributed by atoms with van der Waals surface area (Å²) in [6.07, 6.45) is 1.50. The first-order chi connectivity index (χ1) is 9.63. The van der Waals surface area contributed by atoms with E-state index < -0.39 is 4.92 Å². The van der Waals surface area contributed by atoms with Gasteiger partial charge in [0.15, 0.2) is 5.84 Å². The molecule has 1 aromatic carbocycles. The second-order valence-corrected chi connectivity index (χ2v) is 4.75. The number of nitrogens with zero attached hydrogens (tertiary/aromatic N) is 3. The maximum Gasteiger partial charge on any atom is 0.283 e. The number of hydrogen-bond donors (Lipinski definition) is 2. The predicted octanol–water partition coefficient (Wildman–Crippen LogP) is 2.24. The average molecular weight is 290 g/mol. The van der Waals surface area contributed by atoms with E-state index in [4.69, 9.17) is 10.9 Å². The van der Waals surface area contributed by atoms with Crippen LogP contribution in [0.1, 0.15) is 5.69 Å². The van der Waals surface area contributed by atoms with Crippen LogP contribution in [0.3, 0.4) is 0 Å². The SMILES string of the molecule is N/C(=N/O)c1ncccc1Sc1ccccc1[N+](=O)[O-]. The quantitative estimate of drug-likeness (QED) is 0.293. The first-order valence-corrected chi connectivity index (χ1v) is 6.29. The molecule has 7 nitrogen and oxygen atoms in total. The van der Waals surface area contributed by atoms with Crippen LogP contribution in [0.4, 0.5) is 5.69 Å². The zero-order valence-corrected chi connectivity index (χ0v) is 10.9. The number of para-hydroxylation sites is 1. The minimum absolute atomic E-state index is 0.00758. The largest absolute Gasteiger partial charge is 0.409 e. The second-order valence-electron chi connectivity index (χ2n) is 3.66. The molecule has 0 spiro atoms. The summed E-state index contributed by atoms with van der Waals surface area (Å²) in [6, 6.07) is 9.71. The summed E-state index contributed by atoms with van der Waals surface area (Å²) in [7, 11) is 0. The number of oxime groups is 1. The monoisotopic (exact) mass is 290 g/mol. The van der Waals surface area contributed by atoms with Crippen LogP contribution in [0.25, 0.3) is 0 Å². The first kappa shape index (κ1) is 13.8. The number of nitro groups is 1. The normalized spacial score (nSPS) is 11.3. The molecule has 0 saturated carbocycles. The lowest BCUT2D eigenvalue weighted by atomic mass is 10.3. The van der Waals surface area contributed by atoms with E-state index in [1.54, 1.807) is 30.3 Å². The van der Waals surface area contributed by atoms with Gasteiger partial charge in [0, 0.05) is 17.2 Å². The second kappa shape index (κ2) is 6.02. The van der Waals surface area contributed by atoms with Crippen LogP contribution in [0.15, 0.2) is 57.5 Å². The number of benzene rings is 1. The van der Waals surface area contributed by atoms with Crippen LogP contribution in [0, 0.1) is 10.1 Å². The Morgan fingerprint density at radius 3 is 2.70 bits per heavy atom. The Morgan fingerprint density at radius 1 is 1.30 bits per heavy atom. The van der Waals surface area contributed by atoms with Gasteiger partial charge in [-0.15, -0.1) is 0 Å². The van der Waals surface area contributed by atoms with Crippen LogP contribution >= 0.6 is 11.8 Å². The highest BCUT2D eigenvalue weighted by molar-refractivity contribution is 7.99. The van der Waals surface area contributed by atoms with Crippen molar-refractivity contribution in [2.75, 3.05) is 0 Å². The van der Waals surface area contributed by atoms with E-state index in [9.17, 15) is 10.1 Å². The maximum absolute atomic E-state index is 11.0. The third kappa shape index (κ3) is 2.86. The van der Waals surface area contributed by atoms with E-state index in [-0.39, 0.29) is 17.2 Å². The number of nitro benzene ring substituents is 1. The Balaban J connectivity index is 2.44. The van der Waals surface area contributed by atoms with Crippen molar-refractivity contribution in [3.05, 3.63) is 58.4 Å². The first-order valence-electron chi connectivity index (χ1n) is 5.47. The minimum atomic E-state index is -0.456. The Labute approximate surface area is 118 Å². The van der Waals surface area contributed by atoms with Crippen molar-refractivity contribution in [3.63, 3.8) is 0 Å². The summed E-state index contributed by atoms with van der Waals surface area (Å²) in [6.45, 7) is 0. The van der Waals surface area contributed by atoms with Crippen molar-refractivity contribution >= 4 is 23.3 Å². The van der Waals surface area contributed by atoms with Gasteiger partial charge in [-0.25, -0.2) is 0 Å². The van der Waals surface area contributed by atoms with Crippen molar-refractivity contribution in [1.82, 2.24) is 4.98 Å². The van der Waals surface area contributed by atoms with E-state index in [1.807, 2.05) is 0 Å². The molecule has 8 heteroatoms. The summed E-state index contributed by atoms with van der Waals surface area (Å²) < 4.78 is 0. The molecule has 2 rings (SSSR count). The number of amidine groups is 1. The Kier molecular flexibility index (Phi) is 4.16. The summed E-state index contributed by atoms with van der Waals surface area (Å²) in [5.74, 6) is -0.147. The fourth-order valence-electron chi connectivity index (χ4n) is 1.53. The third-order valence-electron chi connectivity index (χ3n) is 2.40. The molecule has 0 amide bonds. The third-order valence-corrected chi connectivity index (χ3v) is 3.52. The maximum atomic E-state index is 11.0. The molecule has 3 N–H and O–H groups in total. The molecular weight excluding hydrogens is 280 g/mol. The summed E-state index contributed by atoms with van der Waals surface area (Å²) in [4.78, 5) is 15.6. The van der Waals surface area contributed by atoms with Gasteiger partial charge in [0.1, 0.15) is 5.69 Å². The molecule has 0 aliphatic heterocycles. The number of hydrogen-bond acceptors (Lipinski definition) is 6. The van der Waals surface area contributed by atoms with Crippen LogP contribution in [0.2, 0.25) is 0 Å². The Morgan fingerprint density at radius 2 is 2.00 bits per heavy atom. The number of rotatable bonds is 4. The van der Waals surface area contributed by atoms with Crippen molar-refractivity contribution in [2.24, 2.45) is 10.9 Å². The fraction of sp³-hybridized carbons (Fsp3) is 0. The Hall–Kier alpha value is -2.61. The molecule has 102 valence electrons. The van der Waals surface area contributed by atoms with Crippen molar-refractivity contribution in [1.29, 1.82) is 0 Å². The lowest BCUT2D eigenvalue weighted by Gasteiger charge is -2.06. The topological polar surface area (TPSA) is 115 Å². The molecule has 0 fully saturated rings. The molecule has 0 aliphatic carbocycles. The van der Waals surface area contributed by atoms with Gasteiger partial charge in [-0.3, -0.25) is 15.1 Å². The van der Waals surface area contributed by atoms with Gasteiger partial charge in [-0.1, -0.05) is 29.1 Å². The zero-order valence-electron chi connectivity index (χ0n) is 10.1. The average Bonchev–Trinajstić information content (AvgIpc) is 2.47. The molecule has 0 unspecified atom stereocenters. The van der Waals surface area contributed by atoms with Gasteiger partial charge < -0.3 is 10.9 Å². The highest BCUT2D eigenvalue weighted by Crippen LogP contribution is 2.35. The zero-order chi connectivity index (χ0) is 14.5. The van der Waals surface area contributed by atoms with Crippen molar-refractivity contribution in [3.8, 4) is 0 Å².